The fourth-order valence-electron chi connectivity index (χ4n) is 2.37. The lowest BCUT2D eigenvalue weighted by Gasteiger charge is -2.10. The predicted octanol–water partition coefficient (Wildman–Crippen LogP) is 3.36. The van der Waals surface area contributed by atoms with E-state index in [1.807, 2.05) is 32.0 Å². The van der Waals surface area contributed by atoms with Crippen LogP contribution in [0.5, 0.6) is 0 Å². The molecule has 0 spiro atoms. The maximum absolute atomic E-state index is 10.7. The van der Waals surface area contributed by atoms with Crippen LogP contribution in [0.15, 0.2) is 18.2 Å². The number of nitrogens with zero attached hydrogens (tertiary/aromatic N) is 2. The molecular formula is C14H17ClN2O2. The van der Waals surface area contributed by atoms with Crippen LogP contribution in [-0.4, -0.2) is 20.6 Å². The second-order valence-corrected chi connectivity index (χ2v) is 5.19. The van der Waals surface area contributed by atoms with Gasteiger partial charge in [0, 0.05) is 19.4 Å². The first-order valence-corrected chi connectivity index (χ1v) is 6.76. The van der Waals surface area contributed by atoms with Gasteiger partial charge in [-0.05, 0) is 25.0 Å². The topological polar surface area (TPSA) is 55.1 Å². The minimum absolute atomic E-state index is 0.0541. The number of aliphatic carboxylic acids is 1. The van der Waals surface area contributed by atoms with Crippen molar-refractivity contribution in [3.63, 3.8) is 0 Å². The first-order chi connectivity index (χ1) is 9.02. The van der Waals surface area contributed by atoms with Crippen molar-refractivity contribution in [1.29, 1.82) is 0 Å². The van der Waals surface area contributed by atoms with E-state index in [1.165, 1.54) is 0 Å². The summed E-state index contributed by atoms with van der Waals surface area (Å²) in [5, 5.41) is 9.51. The molecule has 1 atom stereocenters. The Kier molecular flexibility index (Phi) is 4.10. The number of carbonyl (C=O) groups is 1. The number of aromatic nitrogens is 2. The van der Waals surface area contributed by atoms with Crippen LogP contribution >= 0.6 is 11.6 Å². The Balaban J connectivity index is 2.38. The van der Waals surface area contributed by atoms with E-state index in [0.717, 1.165) is 23.4 Å². The summed E-state index contributed by atoms with van der Waals surface area (Å²) in [5.41, 5.74) is 1.80. The van der Waals surface area contributed by atoms with Crippen molar-refractivity contribution in [3.8, 4) is 0 Å². The molecule has 0 fully saturated rings. The lowest BCUT2D eigenvalue weighted by Crippen LogP contribution is -2.11. The van der Waals surface area contributed by atoms with Crippen LogP contribution in [0.25, 0.3) is 11.0 Å². The zero-order valence-electron chi connectivity index (χ0n) is 11.1. The van der Waals surface area contributed by atoms with Crippen molar-refractivity contribution in [1.82, 2.24) is 9.55 Å². The summed E-state index contributed by atoms with van der Waals surface area (Å²) in [6, 6.07) is 5.66. The molecular weight excluding hydrogens is 264 g/mol. The normalized spacial score (nSPS) is 12.8. The lowest BCUT2D eigenvalue weighted by molar-refractivity contribution is -0.137. The third kappa shape index (κ3) is 2.89. The van der Waals surface area contributed by atoms with Gasteiger partial charge in [0.05, 0.1) is 16.1 Å². The highest BCUT2D eigenvalue weighted by Crippen LogP contribution is 2.26. The predicted molar refractivity (Wildman–Crippen MR) is 75.5 cm³/mol. The van der Waals surface area contributed by atoms with E-state index in [9.17, 15) is 4.79 Å². The Morgan fingerprint density at radius 3 is 2.89 bits per heavy atom. The molecule has 0 saturated heterocycles. The van der Waals surface area contributed by atoms with Crippen LogP contribution in [0.4, 0.5) is 0 Å². The number of rotatable bonds is 5. The zero-order valence-corrected chi connectivity index (χ0v) is 11.8. The summed E-state index contributed by atoms with van der Waals surface area (Å²) in [5.74, 6) is 0.183. The molecule has 0 amide bonds. The van der Waals surface area contributed by atoms with Crippen LogP contribution in [0.3, 0.4) is 0 Å². The molecule has 1 heterocycles. The molecule has 0 aliphatic carbocycles. The molecule has 2 aromatic rings. The molecule has 5 heteroatoms. The smallest absolute Gasteiger partial charge is 0.303 e. The highest BCUT2D eigenvalue weighted by Gasteiger charge is 2.16. The van der Waals surface area contributed by atoms with Crippen molar-refractivity contribution in [3.05, 3.63) is 29.0 Å². The maximum atomic E-state index is 10.7. The molecule has 1 aromatic heterocycles. The van der Waals surface area contributed by atoms with Crippen LogP contribution in [0.2, 0.25) is 5.02 Å². The van der Waals surface area contributed by atoms with Crippen LogP contribution in [0, 0.1) is 5.92 Å². The first kappa shape index (κ1) is 13.9. The van der Waals surface area contributed by atoms with Crippen LogP contribution < -0.4 is 0 Å². The highest BCUT2D eigenvalue weighted by atomic mass is 35.5. The maximum Gasteiger partial charge on any atom is 0.303 e. The number of carboxylic acid groups (broad SMARTS) is 1. The van der Waals surface area contributed by atoms with Crippen molar-refractivity contribution in [2.75, 3.05) is 0 Å². The number of fused-ring (bicyclic) bond motifs is 1. The fourth-order valence-corrected chi connectivity index (χ4v) is 2.64. The van der Waals surface area contributed by atoms with Crippen LogP contribution in [-0.2, 0) is 17.8 Å². The highest BCUT2D eigenvalue weighted by molar-refractivity contribution is 6.35. The second kappa shape index (κ2) is 5.61. The molecule has 19 heavy (non-hydrogen) atoms. The van der Waals surface area contributed by atoms with Crippen molar-refractivity contribution >= 4 is 28.6 Å². The van der Waals surface area contributed by atoms with E-state index in [-0.39, 0.29) is 12.3 Å². The van der Waals surface area contributed by atoms with Crippen molar-refractivity contribution in [2.45, 2.75) is 33.2 Å². The largest absolute Gasteiger partial charge is 0.481 e. The third-order valence-electron chi connectivity index (χ3n) is 3.17. The Bertz CT molecular complexity index is 607. The first-order valence-electron chi connectivity index (χ1n) is 6.38. The molecule has 1 aromatic carbocycles. The van der Waals surface area contributed by atoms with E-state index in [1.54, 1.807) is 0 Å². The Morgan fingerprint density at radius 2 is 2.26 bits per heavy atom. The van der Waals surface area contributed by atoms with Crippen LogP contribution in [0.1, 0.15) is 26.1 Å². The number of hydrogen-bond donors (Lipinski definition) is 1. The summed E-state index contributed by atoms with van der Waals surface area (Å²) in [7, 11) is 0. The number of aryl methyl sites for hydroxylation is 1. The zero-order chi connectivity index (χ0) is 14.0. The van der Waals surface area contributed by atoms with E-state index < -0.39 is 5.97 Å². The van der Waals surface area contributed by atoms with E-state index in [0.29, 0.717) is 11.4 Å². The molecule has 0 saturated carbocycles. The molecule has 1 N–H and O–H groups in total. The molecule has 0 aliphatic heterocycles. The van der Waals surface area contributed by atoms with Gasteiger partial charge in [-0.15, -0.1) is 0 Å². The SMILES string of the molecule is CCn1c(CC(C)CC(=O)O)nc2cccc(Cl)c21. The average Bonchev–Trinajstić information content (AvgIpc) is 2.66. The monoisotopic (exact) mass is 280 g/mol. The van der Waals surface area contributed by atoms with E-state index >= 15 is 0 Å². The van der Waals surface area contributed by atoms with Gasteiger partial charge in [-0.1, -0.05) is 24.6 Å². The molecule has 0 radical (unpaired) electrons. The molecule has 0 bridgehead atoms. The summed E-state index contributed by atoms with van der Waals surface area (Å²) >= 11 is 6.22. The Hall–Kier alpha value is -1.55. The Morgan fingerprint density at radius 1 is 1.53 bits per heavy atom. The lowest BCUT2D eigenvalue weighted by atomic mass is 10.0. The van der Waals surface area contributed by atoms with Gasteiger partial charge in [-0.3, -0.25) is 4.79 Å². The second-order valence-electron chi connectivity index (χ2n) is 4.79. The Labute approximate surface area is 117 Å². The van der Waals surface area contributed by atoms with Crippen molar-refractivity contribution < 1.29 is 9.90 Å². The van der Waals surface area contributed by atoms with Gasteiger partial charge in [0.1, 0.15) is 5.82 Å². The van der Waals surface area contributed by atoms with Gasteiger partial charge in [-0.2, -0.15) is 0 Å². The summed E-state index contributed by atoms with van der Waals surface area (Å²) in [6.07, 6.45) is 0.797. The van der Waals surface area contributed by atoms with E-state index in [4.69, 9.17) is 16.7 Å². The molecule has 1 unspecified atom stereocenters. The minimum atomic E-state index is -0.773. The summed E-state index contributed by atoms with van der Waals surface area (Å²) in [6.45, 7) is 4.74. The quantitative estimate of drug-likeness (QED) is 0.914. The molecule has 2 rings (SSSR count). The number of carboxylic acids is 1. The minimum Gasteiger partial charge on any atom is -0.481 e. The number of hydrogen-bond acceptors (Lipinski definition) is 2. The van der Waals surface area contributed by atoms with Gasteiger partial charge >= 0.3 is 5.97 Å². The van der Waals surface area contributed by atoms with Gasteiger partial charge in [0.25, 0.3) is 0 Å². The molecule has 4 nitrogen and oxygen atoms in total. The van der Waals surface area contributed by atoms with E-state index in [2.05, 4.69) is 9.55 Å². The number of halogens is 1. The van der Waals surface area contributed by atoms with Crippen molar-refractivity contribution in [2.24, 2.45) is 5.92 Å². The number of benzene rings is 1. The third-order valence-corrected chi connectivity index (χ3v) is 3.47. The average molecular weight is 281 g/mol. The molecule has 0 aliphatic rings. The van der Waals surface area contributed by atoms with Gasteiger partial charge in [-0.25, -0.2) is 4.98 Å². The standard InChI is InChI=1S/C14H17ClN2O2/c1-3-17-12(7-9(2)8-13(18)19)16-11-6-4-5-10(15)14(11)17/h4-6,9H,3,7-8H2,1-2H3,(H,18,19). The number of para-hydroxylation sites is 1. The van der Waals surface area contributed by atoms with Gasteiger partial charge < -0.3 is 9.67 Å². The van der Waals surface area contributed by atoms with Gasteiger partial charge in [0.2, 0.25) is 0 Å². The molecule has 102 valence electrons. The fraction of sp³-hybridized carbons (Fsp3) is 0.429. The van der Waals surface area contributed by atoms with Gasteiger partial charge in [0.15, 0.2) is 0 Å². The summed E-state index contributed by atoms with van der Waals surface area (Å²) < 4.78 is 2.07. The summed E-state index contributed by atoms with van der Waals surface area (Å²) in [4.78, 5) is 15.3. The number of imidazole rings is 1.